The molecule has 0 spiro atoms. The SMILES string of the molecule is Nc1ncc(-c2ccc([C@]3(CN4Cc5ccc(F)cc5C4=O)NC(=O)NC3=O)cc2)cn1. The molecule has 32 heavy (non-hydrogen) atoms. The predicted molar refractivity (Wildman–Crippen MR) is 111 cm³/mol. The van der Waals surface area contributed by atoms with Crippen molar-refractivity contribution in [2.75, 3.05) is 12.3 Å². The van der Waals surface area contributed by atoms with E-state index in [1.54, 1.807) is 42.7 Å². The summed E-state index contributed by atoms with van der Waals surface area (Å²) in [7, 11) is 0. The maximum Gasteiger partial charge on any atom is 0.322 e. The van der Waals surface area contributed by atoms with Gasteiger partial charge in [0.2, 0.25) is 5.95 Å². The molecule has 9 nitrogen and oxygen atoms in total. The van der Waals surface area contributed by atoms with Crippen molar-refractivity contribution in [3.63, 3.8) is 0 Å². The van der Waals surface area contributed by atoms with E-state index in [1.807, 2.05) is 0 Å². The van der Waals surface area contributed by atoms with Gasteiger partial charge in [0, 0.05) is 30.1 Å². The number of nitrogens with zero attached hydrogens (tertiary/aromatic N) is 3. The van der Waals surface area contributed by atoms with Gasteiger partial charge in [0.15, 0.2) is 5.54 Å². The second kappa shape index (κ2) is 7.12. The van der Waals surface area contributed by atoms with Crippen LogP contribution in [0.2, 0.25) is 0 Å². The third kappa shape index (κ3) is 3.13. The zero-order valence-electron chi connectivity index (χ0n) is 16.6. The molecule has 0 unspecified atom stereocenters. The van der Waals surface area contributed by atoms with Crippen LogP contribution in [0.15, 0.2) is 54.9 Å². The zero-order chi connectivity index (χ0) is 22.5. The normalized spacial score (nSPS) is 19.7. The summed E-state index contributed by atoms with van der Waals surface area (Å²) in [5.74, 6) is -1.32. The summed E-state index contributed by atoms with van der Waals surface area (Å²) in [5, 5.41) is 4.93. The van der Waals surface area contributed by atoms with E-state index in [4.69, 9.17) is 5.73 Å². The predicted octanol–water partition coefficient (Wildman–Crippen LogP) is 1.56. The lowest BCUT2D eigenvalue weighted by molar-refractivity contribution is -0.124. The number of nitrogens with two attached hydrogens (primary N) is 1. The van der Waals surface area contributed by atoms with Crippen LogP contribution in [-0.2, 0) is 16.9 Å². The highest BCUT2D eigenvalue weighted by molar-refractivity contribution is 6.08. The molecule has 0 radical (unpaired) electrons. The molecule has 1 fully saturated rings. The maximum absolute atomic E-state index is 13.6. The van der Waals surface area contributed by atoms with Gasteiger partial charge in [0.1, 0.15) is 5.82 Å². The van der Waals surface area contributed by atoms with Crippen LogP contribution in [-0.4, -0.2) is 39.3 Å². The van der Waals surface area contributed by atoms with Crippen LogP contribution in [0.4, 0.5) is 15.1 Å². The highest BCUT2D eigenvalue weighted by Crippen LogP contribution is 2.32. The fraction of sp³-hybridized carbons (Fsp3) is 0.136. The van der Waals surface area contributed by atoms with Crippen LogP contribution in [0.5, 0.6) is 0 Å². The molecule has 160 valence electrons. The Morgan fingerprint density at radius 3 is 2.41 bits per heavy atom. The average molecular weight is 432 g/mol. The van der Waals surface area contributed by atoms with Gasteiger partial charge in [-0.05, 0) is 28.8 Å². The molecular weight excluding hydrogens is 415 g/mol. The minimum absolute atomic E-state index is 0.107. The smallest absolute Gasteiger partial charge is 0.322 e. The largest absolute Gasteiger partial charge is 0.368 e. The highest BCUT2D eigenvalue weighted by Gasteiger charge is 2.50. The summed E-state index contributed by atoms with van der Waals surface area (Å²) in [6.45, 7) is 0.101. The lowest BCUT2D eigenvalue weighted by Crippen LogP contribution is -2.52. The summed E-state index contributed by atoms with van der Waals surface area (Å²) in [5.41, 5.74) is 6.97. The number of anilines is 1. The number of nitrogens with one attached hydrogen (secondary N) is 2. The first-order valence-corrected chi connectivity index (χ1v) is 9.75. The number of imide groups is 1. The Morgan fingerprint density at radius 2 is 1.75 bits per heavy atom. The Balaban J connectivity index is 1.48. The number of fused-ring (bicyclic) bond motifs is 1. The Bertz CT molecular complexity index is 1260. The molecular formula is C22H17FN6O3. The summed E-state index contributed by atoms with van der Waals surface area (Å²) in [6, 6.07) is 10.3. The van der Waals surface area contributed by atoms with Crippen molar-refractivity contribution >= 4 is 23.8 Å². The van der Waals surface area contributed by atoms with Gasteiger partial charge in [-0.15, -0.1) is 0 Å². The molecule has 2 aromatic carbocycles. The van der Waals surface area contributed by atoms with E-state index in [9.17, 15) is 18.8 Å². The Morgan fingerprint density at radius 1 is 1.03 bits per heavy atom. The molecule has 1 atom stereocenters. The molecule has 2 aliphatic heterocycles. The second-order valence-electron chi connectivity index (χ2n) is 7.68. The molecule has 4 N–H and O–H groups in total. The lowest BCUT2D eigenvalue weighted by atomic mass is 9.88. The fourth-order valence-corrected chi connectivity index (χ4v) is 4.08. The maximum atomic E-state index is 13.6. The topological polar surface area (TPSA) is 130 Å². The molecule has 10 heteroatoms. The standard InChI is InChI=1S/C22H17FN6O3/c23-16-6-3-13-10-29(18(30)17(13)7-16)11-22(19(31)27-21(32)28-22)15-4-1-12(2-5-15)14-8-25-20(24)26-9-14/h1-9H,10-11H2,(H2,24,25,26)(H2,27,28,31,32)/t22-/m0/s1. The van der Waals surface area contributed by atoms with Crippen LogP contribution >= 0.6 is 0 Å². The zero-order valence-corrected chi connectivity index (χ0v) is 16.6. The molecule has 0 aliphatic carbocycles. The van der Waals surface area contributed by atoms with E-state index in [-0.39, 0.29) is 24.6 Å². The Kier molecular flexibility index (Phi) is 4.36. The number of nitrogen functional groups attached to an aromatic ring is 1. The molecule has 2 aliphatic rings. The molecule has 4 amide bonds. The van der Waals surface area contributed by atoms with Crippen molar-refractivity contribution in [3.05, 3.63) is 77.4 Å². The van der Waals surface area contributed by atoms with Crippen molar-refractivity contribution in [2.45, 2.75) is 12.1 Å². The first-order valence-electron chi connectivity index (χ1n) is 9.75. The Hall–Kier alpha value is -4.34. The van der Waals surface area contributed by atoms with Crippen molar-refractivity contribution in [1.82, 2.24) is 25.5 Å². The van der Waals surface area contributed by atoms with E-state index >= 15 is 0 Å². The van der Waals surface area contributed by atoms with Crippen LogP contribution < -0.4 is 16.4 Å². The van der Waals surface area contributed by atoms with Gasteiger partial charge in [-0.1, -0.05) is 30.3 Å². The van der Waals surface area contributed by atoms with Gasteiger partial charge in [0.05, 0.1) is 6.54 Å². The number of halogens is 1. The van der Waals surface area contributed by atoms with Crippen molar-refractivity contribution in [3.8, 4) is 11.1 Å². The number of carbonyl (C=O) groups is 3. The van der Waals surface area contributed by atoms with Crippen molar-refractivity contribution in [2.24, 2.45) is 0 Å². The van der Waals surface area contributed by atoms with Crippen LogP contribution in [0.1, 0.15) is 21.5 Å². The van der Waals surface area contributed by atoms with E-state index in [0.29, 0.717) is 11.1 Å². The van der Waals surface area contributed by atoms with E-state index in [1.165, 1.54) is 17.0 Å². The second-order valence-corrected chi connectivity index (χ2v) is 7.68. The number of rotatable bonds is 4. The number of hydrogen-bond donors (Lipinski definition) is 3. The van der Waals surface area contributed by atoms with Gasteiger partial charge in [-0.25, -0.2) is 19.2 Å². The number of carbonyl (C=O) groups excluding carboxylic acids is 3. The van der Waals surface area contributed by atoms with Crippen molar-refractivity contribution < 1.29 is 18.8 Å². The summed E-state index contributed by atoms with van der Waals surface area (Å²) in [4.78, 5) is 47.2. The van der Waals surface area contributed by atoms with Crippen LogP contribution in [0, 0.1) is 5.82 Å². The minimum Gasteiger partial charge on any atom is -0.368 e. The van der Waals surface area contributed by atoms with Gasteiger partial charge < -0.3 is 16.0 Å². The highest BCUT2D eigenvalue weighted by atomic mass is 19.1. The third-order valence-electron chi connectivity index (χ3n) is 5.70. The number of urea groups is 1. The molecule has 1 saturated heterocycles. The quantitative estimate of drug-likeness (QED) is 0.537. The van der Waals surface area contributed by atoms with Crippen LogP contribution in [0.25, 0.3) is 11.1 Å². The molecule has 1 aromatic heterocycles. The first-order chi connectivity index (χ1) is 15.4. The first kappa shape index (κ1) is 19.6. The van der Waals surface area contributed by atoms with E-state index in [0.717, 1.165) is 11.1 Å². The van der Waals surface area contributed by atoms with E-state index < -0.39 is 29.2 Å². The van der Waals surface area contributed by atoms with Gasteiger partial charge in [-0.3, -0.25) is 14.9 Å². The molecule has 0 bridgehead atoms. The van der Waals surface area contributed by atoms with Gasteiger partial charge in [0.25, 0.3) is 11.8 Å². The average Bonchev–Trinajstić information content (AvgIpc) is 3.24. The minimum atomic E-state index is -1.48. The summed E-state index contributed by atoms with van der Waals surface area (Å²) in [6.07, 6.45) is 3.16. The summed E-state index contributed by atoms with van der Waals surface area (Å²) >= 11 is 0. The molecule has 3 aromatic rings. The van der Waals surface area contributed by atoms with Gasteiger partial charge >= 0.3 is 6.03 Å². The van der Waals surface area contributed by atoms with Crippen LogP contribution in [0.3, 0.4) is 0 Å². The van der Waals surface area contributed by atoms with E-state index in [2.05, 4.69) is 20.6 Å². The monoisotopic (exact) mass is 432 g/mol. The number of benzene rings is 2. The Labute approximate surface area is 181 Å². The number of amides is 4. The number of hydrogen-bond acceptors (Lipinski definition) is 6. The van der Waals surface area contributed by atoms with Gasteiger partial charge in [-0.2, -0.15) is 0 Å². The molecule has 3 heterocycles. The molecule has 5 rings (SSSR count). The third-order valence-corrected chi connectivity index (χ3v) is 5.70. The van der Waals surface area contributed by atoms with Crippen molar-refractivity contribution in [1.29, 1.82) is 0 Å². The lowest BCUT2D eigenvalue weighted by Gasteiger charge is -2.31. The summed E-state index contributed by atoms with van der Waals surface area (Å²) < 4.78 is 13.6. The fourth-order valence-electron chi connectivity index (χ4n) is 4.08. The molecule has 0 saturated carbocycles. The number of aromatic nitrogens is 2.